The van der Waals surface area contributed by atoms with Crippen LogP contribution in [-0.2, 0) is 0 Å². The SMILES string of the molecule is O=C1c2cccc3c(-c4cnccn4)ccc(c23)C(=O)N1N1CCCCC1n1cccc1. The van der Waals surface area contributed by atoms with E-state index in [1.807, 2.05) is 59.9 Å². The number of hydrazine groups is 1. The maximum absolute atomic E-state index is 13.7. The zero-order chi connectivity index (χ0) is 21.7. The van der Waals surface area contributed by atoms with Crippen LogP contribution in [0.4, 0.5) is 0 Å². The van der Waals surface area contributed by atoms with Gasteiger partial charge in [-0.15, -0.1) is 0 Å². The van der Waals surface area contributed by atoms with E-state index in [4.69, 9.17) is 0 Å². The summed E-state index contributed by atoms with van der Waals surface area (Å²) in [6, 6.07) is 13.3. The van der Waals surface area contributed by atoms with Crippen LogP contribution < -0.4 is 0 Å². The van der Waals surface area contributed by atoms with Crippen molar-refractivity contribution in [3.8, 4) is 11.3 Å². The normalized spacial score (nSPS) is 19.0. The van der Waals surface area contributed by atoms with Gasteiger partial charge >= 0.3 is 0 Å². The lowest BCUT2D eigenvalue weighted by molar-refractivity contribution is -0.0607. The van der Waals surface area contributed by atoms with Gasteiger partial charge in [0.1, 0.15) is 6.17 Å². The van der Waals surface area contributed by atoms with E-state index in [1.165, 1.54) is 5.01 Å². The summed E-state index contributed by atoms with van der Waals surface area (Å²) in [6.07, 6.45) is 11.8. The molecule has 0 radical (unpaired) electrons. The van der Waals surface area contributed by atoms with Crippen molar-refractivity contribution in [2.24, 2.45) is 0 Å². The molecule has 0 saturated carbocycles. The highest BCUT2D eigenvalue weighted by atomic mass is 16.2. The Hall–Kier alpha value is -3.84. The maximum Gasteiger partial charge on any atom is 0.276 e. The Bertz CT molecular complexity index is 1310. The van der Waals surface area contributed by atoms with E-state index in [1.54, 1.807) is 18.6 Å². The van der Waals surface area contributed by atoms with E-state index in [2.05, 4.69) is 14.5 Å². The van der Waals surface area contributed by atoms with Crippen molar-refractivity contribution in [3.05, 3.63) is 84.6 Å². The molecule has 2 amide bonds. The molecule has 2 aliphatic rings. The van der Waals surface area contributed by atoms with Gasteiger partial charge in [0.2, 0.25) is 0 Å². The summed E-state index contributed by atoms with van der Waals surface area (Å²) >= 11 is 0. The smallest absolute Gasteiger partial charge is 0.276 e. The van der Waals surface area contributed by atoms with Crippen LogP contribution in [0, 0.1) is 0 Å². The van der Waals surface area contributed by atoms with Crippen LogP contribution in [0.3, 0.4) is 0 Å². The zero-order valence-corrected chi connectivity index (χ0v) is 17.4. The van der Waals surface area contributed by atoms with Crippen molar-refractivity contribution in [2.75, 3.05) is 6.54 Å². The van der Waals surface area contributed by atoms with Crippen LogP contribution in [0.1, 0.15) is 46.1 Å². The van der Waals surface area contributed by atoms with Crippen molar-refractivity contribution in [1.82, 2.24) is 24.6 Å². The molecule has 4 heterocycles. The Morgan fingerprint density at radius 1 is 0.844 bits per heavy atom. The van der Waals surface area contributed by atoms with Crippen molar-refractivity contribution in [1.29, 1.82) is 0 Å². The summed E-state index contributed by atoms with van der Waals surface area (Å²) in [6.45, 7) is 0.656. The molecule has 1 unspecified atom stereocenters. The van der Waals surface area contributed by atoms with Gasteiger partial charge in [0.25, 0.3) is 11.8 Å². The first kappa shape index (κ1) is 18.9. The van der Waals surface area contributed by atoms with Crippen molar-refractivity contribution < 1.29 is 9.59 Å². The summed E-state index contributed by atoms with van der Waals surface area (Å²) in [4.78, 5) is 36.0. The molecule has 2 aliphatic heterocycles. The second-order valence-electron chi connectivity index (χ2n) is 8.17. The topological polar surface area (TPSA) is 71.3 Å². The summed E-state index contributed by atoms with van der Waals surface area (Å²) in [7, 11) is 0. The fourth-order valence-corrected chi connectivity index (χ4v) is 4.96. The molecule has 2 aromatic heterocycles. The molecular weight excluding hydrogens is 402 g/mol. The third kappa shape index (κ3) is 2.78. The molecule has 1 atom stereocenters. The summed E-state index contributed by atoms with van der Waals surface area (Å²) in [5.74, 6) is -0.549. The lowest BCUT2D eigenvalue weighted by Crippen LogP contribution is -2.55. The van der Waals surface area contributed by atoms with Gasteiger partial charge in [0.05, 0.1) is 23.0 Å². The van der Waals surface area contributed by atoms with E-state index in [0.29, 0.717) is 28.8 Å². The van der Waals surface area contributed by atoms with Gasteiger partial charge in [-0.2, -0.15) is 10.0 Å². The monoisotopic (exact) mass is 423 g/mol. The van der Waals surface area contributed by atoms with Gasteiger partial charge in [0, 0.05) is 42.3 Å². The highest BCUT2D eigenvalue weighted by Gasteiger charge is 2.41. The number of piperidine rings is 1. The minimum absolute atomic E-state index is 0.0636. The van der Waals surface area contributed by atoms with E-state index in [-0.39, 0.29) is 18.0 Å². The number of nitrogens with zero attached hydrogens (tertiary/aromatic N) is 5. The van der Waals surface area contributed by atoms with E-state index in [9.17, 15) is 9.59 Å². The first-order chi connectivity index (χ1) is 15.7. The Balaban J connectivity index is 1.49. The van der Waals surface area contributed by atoms with Gasteiger partial charge in [-0.05, 0) is 48.9 Å². The minimum atomic E-state index is -0.275. The highest BCUT2D eigenvalue weighted by molar-refractivity contribution is 6.26. The number of carbonyl (C=O) groups is 2. The molecule has 0 aliphatic carbocycles. The Morgan fingerprint density at radius 3 is 2.41 bits per heavy atom. The lowest BCUT2D eigenvalue weighted by atomic mass is 9.91. The molecule has 1 fully saturated rings. The summed E-state index contributed by atoms with van der Waals surface area (Å²) in [5, 5.41) is 4.83. The fourth-order valence-electron chi connectivity index (χ4n) is 4.96. The molecule has 32 heavy (non-hydrogen) atoms. The fraction of sp³-hybridized carbons (Fsp3) is 0.200. The Kier molecular flexibility index (Phi) is 4.36. The molecule has 2 aromatic carbocycles. The number of imide groups is 1. The van der Waals surface area contributed by atoms with E-state index in [0.717, 1.165) is 30.2 Å². The molecule has 4 aromatic rings. The van der Waals surface area contributed by atoms with Gasteiger partial charge in [-0.3, -0.25) is 19.6 Å². The predicted molar refractivity (Wildman–Crippen MR) is 120 cm³/mol. The molecular formula is C25H21N5O2. The van der Waals surface area contributed by atoms with Gasteiger partial charge in [0.15, 0.2) is 0 Å². The van der Waals surface area contributed by atoms with Crippen molar-refractivity contribution >= 4 is 22.6 Å². The average Bonchev–Trinajstić information content (AvgIpc) is 3.38. The molecule has 1 saturated heterocycles. The lowest BCUT2D eigenvalue weighted by Gasteiger charge is -2.43. The van der Waals surface area contributed by atoms with E-state index >= 15 is 0 Å². The predicted octanol–water partition coefficient (Wildman–Crippen LogP) is 4.29. The molecule has 0 spiro atoms. The van der Waals surface area contributed by atoms with Crippen LogP contribution in [0.5, 0.6) is 0 Å². The highest BCUT2D eigenvalue weighted by Crippen LogP contribution is 2.38. The van der Waals surface area contributed by atoms with Crippen LogP contribution in [-0.4, -0.2) is 42.9 Å². The Morgan fingerprint density at radius 2 is 1.62 bits per heavy atom. The number of amides is 2. The second-order valence-corrected chi connectivity index (χ2v) is 8.17. The van der Waals surface area contributed by atoms with E-state index < -0.39 is 0 Å². The standard InChI is InChI=1S/C25H21N5O2/c31-24-19-7-5-6-18-17(21-16-26-11-12-27-21)9-10-20(23(18)19)25(32)30(24)29-15-2-1-8-22(29)28-13-3-4-14-28/h3-7,9-14,16,22H,1-2,8,15H2. The van der Waals surface area contributed by atoms with Crippen LogP contribution >= 0.6 is 0 Å². The summed E-state index contributed by atoms with van der Waals surface area (Å²) in [5.41, 5.74) is 2.65. The third-order valence-electron chi connectivity index (χ3n) is 6.40. The zero-order valence-electron chi connectivity index (χ0n) is 17.4. The largest absolute Gasteiger partial charge is 0.337 e. The number of benzene rings is 2. The van der Waals surface area contributed by atoms with Crippen molar-refractivity contribution in [2.45, 2.75) is 25.4 Å². The Labute approximate surface area is 184 Å². The number of carbonyl (C=O) groups excluding carboxylic acids is 2. The minimum Gasteiger partial charge on any atom is -0.337 e. The second kappa shape index (κ2) is 7.39. The third-order valence-corrected chi connectivity index (χ3v) is 6.40. The molecule has 0 bridgehead atoms. The number of rotatable bonds is 3. The molecule has 6 rings (SSSR count). The van der Waals surface area contributed by atoms with Crippen molar-refractivity contribution in [3.63, 3.8) is 0 Å². The molecule has 7 nitrogen and oxygen atoms in total. The van der Waals surface area contributed by atoms with Crippen LogP contribution in [0.2, 0.25) is 0 Å². The van der Waals surface area contributed by atoms with Crippen LogP contribution in [0.15, 0.2) is 73.4 Å². The first-order valence-corrected chi connectivity index (χ1v) is 10.8. The van der Waals surface area contributed by atoms with Gasteiger partial charge in [-0.1, -0.05) is 18.2 Å². The molecule has 0 N–H and O–H groups in total. The van der Waals surface area contributed by atoms with Crippen LogP contribution in [0.25, 0.3) is 22.0 Å². The number of hydrogen-bond acceptors (Lipinski definition) is 5. The average molecular weight is 423 g/mol. The first-order valence-electron chi connectivity index (χ1n) is 10.8. The summed E-state index contributed by atoms with van der Waals surface area (Å²) < 4.78 is 2.08. The van der Waals surface area contributed by atoms with Gasteiger partial charge < -0.3 is 4.57 Å². The maximum atomic E-state index is 13.7. The molecule has 7 heteroatoms. The number of hydrogen-bond donors (Lipinski definition) is 0. The molecule has 158 valence electrons. The van der Waals surface area contributed by atoms with Gasteiger partial charge in [-0.25, -0.2) is 0 Å². The number of aromatic nitrogens is 3. The quantitative estimate of drug-likeness (QED) is 0.460.